The summed E-state index contributed by atoms with van der Waals surface area (Å²) in [6, 6.07) is 1.74. The van der Waals surface area contributed by atoms with E-state index in [4.69, 9.17) is 15.9 Å². The standard InChI is InChI=1S/C21H33N5O4S2/c1-7-26(8-2)32(28,29)21-18(27)15(11-31-21)24-19(22)20(23)25-17(13(5)6)16-9-14(10-30-16)12(3)4/h9-13,17,27H,7-8H2,1-6H3,(H2,22,24)(H2,23,25)/p+1/t17-/m1/s1. The third kappa shape index (κ3) is 5.51. The van der Waals surface area contributed by atoms with E-state index < -0.39 is 15.8 Å². The summed E-state index contributed by atoms with van der Waals surface area (Å²) < 4.78 is 32.3. The van der Waals surface area contributed by atoms with Crippen molar-refractivity contribution in [2.45, 2.75) is 57.7 Å². The molecule has 6 N–H and O–H groups in total. The van der Waals surface area contributed by atoms with Crippen molar-refractivity contribution < 1.29 is 22.9 Å². The van der Waals surface area contributed by atoms with Crippen LogP contribution in [0.25, 0.3) is 0 Å². The van der Waals surface area contributed by atoms with E-state index in [0.29, 0.717) is 19.0 Å². The maximum atomic E-state index is 12.7. The molecule has 2 heterocycles. The number of aromatic hydroxyl groups is 1. The number of nitrogens with one attached hydrogen (secondary N) is 1. The zero-order chi connectivity index (χ0) is 24.2. The molecule has 0 radical (unpaired) electrons. The van der Waals surface area contributed by atoms with Crippen molar-refractivity contribution in [3.63, 3.8) is 0 Å². The summed E-state index contributed by atoms with van der Waals surface area (Å²) in [6.07, 6.45) is 1.73. The fourth-order valence-electron chi connectivity index (χ4n) is 3.10. The van der Waals surface area contributed by atoms with Crippen LogP contribution in [0.2, 0.25) is 0 Å². The van der Waals surface area contributed by atoms with E-state index >= 15 is 0 Å². The number of amidine groups is 2. The number of thiophene rings is 1. The molecule has 0 saturated heterocycles. The van der Waals surface area contributed by atoms with Gasteiger partial charge in [-0.1, -0.05) is 41.5 Å². The lowest BCUT2D eigenvalue weighted by atomic mass is 10.00. The summed E-state index contributed by atoms with van der Waals surface area (Å²) in [5, 5.41) is 11.9. The molecule has 0 aliphatic heterocycles. The molecule has 2 aromatic rings. The van der Waals surface area contributed by atoms with Crippen molar-refractivity contribution in [3.8, 4) is 5.75 Å². The summed E-state index contributed by atoms with van der Waals surface area (Å²) in [5.74, 6) is 0.789. The predicted octanol–water partition coefficient (Wildman–Crippen LogP) is 2.02. The molecule has 178 valence electrons. The second kappa shape index (κ2) is 10.5. The van der Waals surface area contributed by atoms with Crippen LogP contribution in [-0.4, -0.2) is 42.6 Å². The van der Waals surface area contributed by atoms with Gasteiger partial charge in [0.1, 0.15) is 11.4 Å². The number of nitrogens with two attached hydrogens (primary N) is 2. The van der Waals surface area contributed by atoms with Crippen molar-refractivity contribution in [2.24, 2.45) is 22.4 Å². The Balaban J connectivity index is 2.37. The van der Waals surface area contributed by atoms with Crippen LogP contribution in [0.1, 0.15) is 64.8 Å². The molecule has 0 aliphatic carbocycles. The Morgan fingerprint density at radius 1 is 1.25 bits per heavy atom. The van der Waals surface area contributed by atoms with Gasteiger partial charge in [-0.3, -0.25) is 10.7 Å². The van der Waals surface area contributed by atoms with Crippen molar-refractivity contribution >= 4 is 38.7 Å². The average molecular weight is 485 g/mol. The second-order valence-corrected chi connectivity index (χ2v) is 11.1. The van der Waals surface area contributed by atoms with Crippen LogP contribution in [0.3, 0.4) is 0 Å². The smallest absolute Gasteiger partial charge is 0.309 e. The number of hydrogen-bond acceptors (Lipinski definition) is 6. The second-order valence-electron chi connectivity index (χ2n) is 8.06. The molecule has 2 rings (SSSR count). The number of furan rings is 1. The van der Waals surface area contributed by atoms with E-state index in [1.165, 1.54) is 9.69 Å². The van der Waals surface area contributed by atoms with Crippen molar-refractivity contribution in [1.82, 2.24) is 4.31 Å². The fraction of sp³-hybridized carbons (Fsp3) is 0.524. The van der Waals surface area contributed by atoms with Gasteiger partial charge < -0.3 is 15.3 Å². The van der Waals surface area contributed by atoms with Crippen LogP contribution in [-0.2, 0) is 10.0 Å². The molecule has 0 aromatic carbocycles. The van der Waals surface area contributed by atoms with Crippen LogP contribution in [0.4, 0.5) is 5.69 Å². The van der Waals surface area contributed by atoms with Crippen molar-refractivity contribution in [2.75, 3.05) is 13.1 Å². The Hall–Kier alpha value is -2.37. The number of aliphatic imine (C=N–C) groups is 1. The Kier molecular flexibility index (Phi) is 8.49. The first kappa shape index (κ1) is 25.9. The molecule has 1 atom stereocenters. The first-order chi connectivity index (χ1) is 14.9. The quantitative estimate of drug-likeness (QED) is 0.316. The summed E-state index contributed by atoms with van der Waals surface area (Å²) in [5.41, 5.74) is 13.3. The van der Waals surface area contributed by atoms with Crippen LogP contribution < -0.4 is 16.5 Å². The average Bonchev–Trinajstić information content (AvgIpc) is 3.34. The lowest BCUT2D eigenvalue weighted by Gasteiger charge is -2.17. The molecule has 9 nitrogen and oxygen atoms in total. The minimum atomic E-state index is -3.81. The summed E-state index contributed by atoms with van der Waals surface area (Å²) in [6.45, 7) is 12.3. The minimum Gasteiger partial charge on any atom is -0.504 e. The minimum absolute atomic E-state index is 0.0455. The fourth-order valence-corrected chi connectivity index (χ4v) is 5.91. The largest absolute Gasteiger partial charge is 0.504 e. The lowest BCUT2D eigenvalue weighted by molar-refractivity contribution is -0.522. The number of sulfonamides is 1. The van der Waals surface area contributed by atoms with Gasteiger partial charge in [-0.15, -0.1) is 11.3 Å². The van der Waals surface area contributed by atoms with Crippen LogP contribution in [0.15, 0.2) is 31.3 Å². The van der Waals surface area contributed by atoms with Gasteiger partial charge in [-0.2, -0.15) is 4.31 Å². The van der Waals surface area contributed by atoms with E-state index in [1.807, 2.05) is 19.9 Å². The SMILES string of the molecule is CCN(CC)S(=O)(=O)c1scc(N=C(N)C(N)=[NH+][C@@H](c2cc(C(C)C)co2)C(C)C)c1O. The van der Waals surface area contributed by atoms with Gasteiger partial charge in [-0.25, -0.2) is 13.4 Å². The van der Waals surface area contributed by atoms with E-state index in [1.54, 1.807) is 20.1 Å². The highest BCUT2D eigenvalue weighted by molar-refractivity contribution is 7.91. The summed E-state index contributed by atoms with van der Waals surface area (Å²) >= 11 is 0.889. The third-order valence-electron chi connectivity index (χ3n) is 5.10. The molecule has 0 fully saturated rings. The molecular formula is C21H34N5O4S2+. The number of rotatable bonds is 9. The van der Waals surface area contributed by atoms with Crippen LogP contribution >= 0.6 is 11.3 Å². The molecule has 0 amide bonds. The monoisotopic (exact) mass is 484 g/mol. The Bertz CT molecular complexity index is 1080. The molecule has 0 bridgehead atoms. The maximum absolute atomic E-state index is 12.7. The van der Waals surface area contributed by atoms with Gasteiger partial charge >= 0.3 is 5.84 Å². The zero-order valence-electron chi connectivity index (χ0n) is 19.4. The van der Waals surface area contributed by atoms with E-state index in [9.17, 15) is 13.5 Å². The zero-order valence-corrected chi connectivity index (χ0v) is 21.0. The molecule has 32 heavy (non-hydrogen) atoms. The molecule has 2 aromatic heterocycles. The van der Waals surface area contributed by atoms with E-state index in [0.717, 1.165) is 22.7 Å². The van der Waals surface area contributed by atoms with E-state index in [2.05, 4.69) is 23.8 Å². The first-order valence-corrected chi connectivity index (χ1v) is 12.9. The van der Waals surface area contributed by atoms with Crippen molar-refractivity contribution in [1.29, 1.82) is 0 Å². The Morgan fingerprint density at radius 3 is 2.38 bits per heavy atom. The van der Waals surface area contributed by atoms with E-state index in [-0.39, 0.29) is 33.5 Å². The lowest BCUT2D eigenvalue weighted by Crippen LogP contribution is -2.80. The molecule has 0 saturated carbocycles. The topological polar surface area (TPSA) is 149 Å². The summed E-state index contributed by atoms with van der Waals surface area (Å²) in [4.78, 5) is 7.30. The highest BCUT2D eigenvalue weighted by Gasteiger charge is 2.29. The van der Waals surface area contributed by atoms with Gasteiger partial charge in [-0.05, 0) is 17.5 Å². The van der Waals surface area contributed by atoms with Crippen molar-refractivity contribution in [3.05, 3.63) is 29.0 Å². The summed E-state index contributed by atoms with van der Waals surface area (Å²) in [7, 11) is -3.81. The van der Waals surface area contributed by atoms with Gasteiger partial charge in [0.25, 0.3) is 10.0 Å². The van der Waals surface area contributed by atoms with Gasteiger partial charge in [0.15, 0.2) is 16.0 Å². The van der Waals surface area contributed by atoms with Gasteiger partial charge in [0.2, 0.25) is 5.84 Å². The number of nitrogens with zero attached hydrogens (tertiary/aromatic N) is 2. The predicted molar refractivity (Wildman–Crippen MR) is 128 cm³/mol. The van der Waals surface area contributed by atoms with Crippen LogP contribution in [0.5, 0.6) is 5.75 Å². The Labute approximate surface area is 193 Å². The molecule has 0 unspecified atom stereocenters. The highest BCUT2D eigenvalue weighted by Crippen LogP contribution is 2.40. The van der Waals surface area contributed by atoms with Gasteiger partial charge in [0.05, 0.1) is 6.26 Å². The molecule has 11 heteroatoms. The molecule has 0 aliphatic rings. The van der Waals surface area contributed by atoms with Crippen LogP contribution in [0, 0.1) is 5.92 Å². The first-order valence-electron chi connectivity index (χ1n) is 10.6. The third-order valence-corrected chi connectivity index (χ3v) is 8.63. The maximum Gasteiger partial charge on any atom is 0.309 e. The molecule has 0 spiro atoms. The van der Waals surface area contributed by atoms with Gasteiger partial charge in [0, 0.05) is 24.4 Å². The number of hydrogen-bond donors (Lipinski definition) is 4. The normalized spacial score (nSPS) is 14.7. The Morgan fingerprint density at radius 2 is 1.88 bits per heavy atom. The molecular weight excluding hydrogens is 450 g/mol. The highest BCUT2D eigenvalue weighted by atomic mass is 32.2.